The molecule has 3 N–H and O–H groups in total. The van der Waals surface area contributed by atoms with Crippen molar-refractivity contribution in [2.75, 3.05) is 0 Å². The maximum atomic E-state index is 11.7. The van der Waals surface area contributed by atoms with Crippen molar-refractivity contribution in [2.24, 2.45) is 5.73 Å². The van der Waals surface area contributed by atoms with Crippen LogP contribution in [0, 0.1) is 0 Å². The highest BCUT2D eigenvalue weighted by Gasteiger charge is 2.51. The lowest BCUT2D eigenvalue weighted by Gasteiger charge is -2.32. The largest absolute Gasteiger partial charge is 0.494 e. The van der Waals surface area contributed by atoms with Crippen molar-refractivity contribution in [2.45, 2.75) is 38.9 Å². The summed E-state index contributed by atoms with van der Waals surface area (Å²) in [5, 5.41) is 0.913. The van der Waals surface area contributed by atoms with Crippen LogP contribution in [0.3, 0.4) is 0 Å². The zero-order valence-electron chi connectivity index (χ0n) is 12.7. The normalized spacial score (nSPS) is 20.1. The zero-order chi connectivity index (χ0) is 15.4. The van der Waals surface area contributed by atoms with Crippen molar-refractivity contribution in [3.8, 4) is 0 Å². The summed E-state index contributed by atoms with van der Waals surface area (Å²) in [6, 6.07) is 5.60. The first-order valence-corrected chi connectivity index (χ1v) is 6.98. The van der Waals surface area contributed by atoms with Crippen LogP contribution in [0.25, 0.3) is 10.9 Å². The summed E-state index contributed by atoms with van der Waals surface area (Å²) >= 11 is 0. The van der Waals surface area contributed by atoms with Gasteiger partial charge >= 0.3 is 7.12 Å². The molecule has 21 heavy (non-hydrogen) atoms. The van der Waals surface area contributed by atoms with E-state index in [0.717, 1.165) is 16.4 Å². The Morgan fingerprint density at radius 1 is 1.19 bits per heavy atom. The van der Waals surface area contributed by atoms with Crippen LogP contribution in [0.4, 0.5) is 0 Å². The molecular formula is C15H19BN2O3. The topological polar surface area (TPSA) is 77.3 Å². The average Bonchev–Trinajstić information content (AvgIpc) is 2.90. The van der Waals surface area contributed by atoms with Crippen molar-refractivity contribution < 1.29 is 14.1 Å². The minimum Gasteiger partial charge on any atom is -0.399 e. The van der Waals surface area contributed by atoms with Gasteiger partial charge in [0, 0.05) is 6.20 Å². The van der Waals surface area contributed by atoms with E-state index >= 15 is 0 Å². The molecule has 0 saturated carbocycles. The maximum absolute atomic E-state index is 11.7. The number of fused-ring (bicyclic) bond motifs is 1. The first-order valence-electron chi connectivity index (χ1n) is 6.98. The molecule has 6 heteroatoms. The lowest BCUT2D eigenvalue weighted by atomic mass is 9.77. The van der Waals surface area contributed by atoms with E-state index in [1.165, 1.54) is 0 Å². The van der Waals surface area contributed by atoms with E-state index in [1.807, 2.05) is 39.8 Å². The number of H-pyrrole nitrogens is 1. The molecule has 0 spiro atoms. The van der Waals surface area contributed by atoms with Crippen LogP contribution in [0.15, 0.2) is 24.4 Å². The second kappa shape index (κ2) is 4.35. The van der Waals surface area contributed by atoms with Gasteiger partial charge in [-0.15, -0.1) is 0 Å². The fourth-order valence-corrected chi connectivity index (χ4v) is 2.50. The molecule has 1 saturated heterocycles. The van der Waals surface area contributed by atoms with Gasteiger partial charge in [-0.25, -0.2) is 0 Å². The van der Waals surface area contributed by atoms with Crippen LogP contribution >= 0.6 is 0 Å². The van der Waals surface area contributed by atoms with Crippen molar-refractivity contribution in [3.63, 3.8) is 0 Å². The number of aromatic nitrogens is 1. The summed E-state index contributed by atoms with van der Waals surface area (Å²) in [6.07, 6.45) is 1.78. The van der Waals surface area contributed by atoms with Gasteiger partial charge in [0.25, 0.3) is 5.91 Å². The Hall–Kier alpha value is -1.79. The third-order valence-electron chi connectivity index (χ3n) is 4.47. The van der Waals surface area contributed by atoms with Gasteiger partial charge in [-0.3, -0.25) is 4.79 Å². The highest BCUT2D eigenvalue weighted by molar-refractivity contribution is 6.62. The molecule has 1 amide bonds. The molecule has 1 aliphatic rings. The van der Waals surface area contributed by atoms with Gasteiger partial charge in [-0.1, -0.05) is 6.07 Å². The molecule has 1 aromatic heterocycles. The van der Waals surface area contributed by atoms with Crippen LogP contribution in [-0.4, -0.2) is 29.2 Å². The molecule has 2 heterocycles. The van der Waals surface area contributed by atoms with Gasteiger partial charge in [-0.05, 0) is 50.7 Å². The molecule has 0 atom stereocenters. The Morgan fingerprint density at radius 3 is 2.38 bits per heavy atom. The molecular weight excluding hydrogens is 267 g/mol. The van der Waals surface area contributed by atoms with Crippen molar-refractivity contribution in [1.82, 2.24) is 4.98 Å². The first kappa shape index (κ1) is 14.2. The molecule has 2 aromatic rings. The highest BCUT2D eigenvalue weighted by Crippen LogP contribution is 2.36. The SMILES string of the molecule is CC1(C)OB(c2cc(C(N)=O)c3[nH]ccc3c2)OC1(C)C. The predicted octanol–water partition coefficient (Wildman–Crippen LogP) is 1.57. The third kappa shape index (κ3) is 2.15. The number of hydrogen-bond donors (Lipinski definition) is 2. The minimum atomic E-state index is -0.507. The number of hydrogen-bond acceptors (Lipinski definition) is 3. The molecule has 1 aromatic carbocycles. The zero-order valence-corrected chi connectivity index (χ0v) is 12.7. The van der Waals surface area contributed by atoms with E-state index in [-0.39, 0.29) is 0 Å². The van der Waals surface area contributed by atoms with Gasteiger partial charge in [0.15, 0.2) is 0 Å². The van der Waals surface area contributed by atoms with Crippen LogP contribution < -0.4 is 11.2 Å². The molecule has 1 aliphatic heterocycles. The van der Waals surface area contributed by atoms with E-state index < -0.39 is 24.2 Å². The van der Waals surface area contributed by atoms with Crippen molar-refractivity contribution in [1.29, 1.82) is 0 Å². The number of primary amides is 1. The van der Waals surface area contributed by atoms with Gasteiger partial charge in [0.05, 0.1) is 22.3 Å². The summed E-state index contributed by atoms with van der Waals surface area (Å²) in [5.41, 5.74) is 6.62. The molecule has 110 valence electrons. The van der Waals surface area contributed by atoms with Gasteiger partial charge in [0.1, 0.15) is 0 Å². The fraction of sp³-hybridized carbons (Fsp3) is 0.400. The fourth-order valence-electron chi connectivity index (χ4n) is 2.50. The standard InChI is InChI=1S/C15H19BN2O3/c1-14(2)15(3,4)21-16(20-14)10-7-9-5-6-18-12(9)11(8-10)13(17)19/h5-8,18H,1-4H3,(H2,17,19). The van der Waals surface area contributed by atoms with Gasteiger partial charge < -0.3 is 20.0 Å². The Bertz CT molecular complexity index is 705. The second-order valence-corrected chi connectivity index (χ2v) is 6.46. The molecule has 0 radical (unpaired) electrons. The Morgan fingerprint density at radius 2 is 1.81 bits per heavy atom. The monoisotopic (exact) mass is 286 g/mol. The van der Waals surface area contributed by atoms with Crippen molar-refractivity contribution in [3.05, 3.63) is 30.0 Å². The van der Waals surface area contributed by atoms with Crippen LogP contribution in [0.2, 0.25) is 0 Å². The number of benzene rings is 1. The molecule has 5 nitrogen and oxygen atoms in total. The number of carbonyl (C=O) groups is 1. The Balaban J connectivity index is 2.08. The molecule has 1 fully saturated rings. The summed E-state index contributed by atoms with van der Waals surface area (Å²) in [6.45, 7) is 7.99. The number of rotatable bonds is 2. The van der Waals surface area contributed by atoms with Crippen LogP contribution in [0.5, 0.6) is 0 Å². The number of nitrogens with two attached hydrogens (primary N) is 1. The lowest BCUT2D eigenvalue weighted by Crippen LogP contribution is -2.41. The molecule has 0 unspecified atom stereocenters. The van der Waals surface area contributed by atoms with Crippen LogP contribution in [-0.2, 0) is 9.31 Å². The Labute approximate surface area is 123 Å². The number of nitrogens with one attached hydrogen (secondary N) is 1. The van der Waals surface area contributed by atoms with E-state index in [2.05, 4.69) is 4.98 Å². The number of carbonyl (C=O) groups excluding carboxylic acids is 1. The van der Waals surface area contributed by atoms with Crippen molar-refractivity contribution >= 4 is 29.4 Å². The van der Waals surface area contributed by atoms with E-state index in [1.54, 1.807) is 12.3 Å². The van der Waals surface area contributed by atoms with E-state index in [9.17, 15) is 4.79 Å². The van der Waals surface area contributed by atoms with E-state index in [4.69, 9.17) is 15.0 Å². The number of aromatic amines is 1. The summed E-state index contributed by atoms with van der Waals surface area (Å²) < 4.78 is 12.1. The van der Waals surface area contributed by atoms with Gasteiger partial charge in [0.2, 0.25) is 0 Å². The Kier molecular flexibility index (Phi) is 2.94. The van der Waals surface area contributed by atoms with Gasteiger partial charge in [-0.2, -0.15) is 0 Å². The maximum Gasteiger partial charge on any atom is 0.494 e. The average molecular weight is 286 g/mol. The quantitative estimate of drug-likeness (QED) is 0.822. The summed E-state index contributed by atoms with van der Waals surface area (Å²) in [5.74, 6) is -0.471. The molecule has 0 aliphatic carbocycles. The molecule has 3 rings (SSSR count). The highest BCUT2D eigenvalue weighted by atomic mass is 16.7. The lowest BCUT2D eigenvalue weighted by molar-refractivity contribution is 0.00578. The molecule has 0 bridgehead atoms. The first-order chi connectivity index (χ1) is 9.71. The predicted molar refractivity (Wildman–Crippen MR) is 82.5 cm³/mol. The van der Waals surface area contributed by atoms with Crippen LogP contribution in [0.1, 0.15) is 38.1 Å². The van der Waals surface area contributed by atoms with E-state index in [0.29, 0.717) is 5.56 Å². The smallest absolute Gasteiger partial charge is 0.399 e. The third-order valence-corrected chi connectivity index (χ3v) is 4.47. The number of amides is 1. The minimum absolute atomic E-state index is 0.419. The summed E-state index contributed by atoms with van der Waals surface area (Å²) in [4.78, 5) is 14.7. The summed E-state index contributed by atoms with van der Waals surface area (Å²) in [7, 11) is -0.507. The second-order valence-electron chi connectivity index (χ2n) is 6.46.